The second-order valence-corrected chi connectivity index (χ2v) is 9.67. The molecule has 2 aromatic rings. The Morgan fingerprint density at radius 1 is 0.912 bits per heavy atom. The van der Waals surface area contributed by atoms with Gasteiger partial charge in [-0.3, -0.25) is 14.9 Å². The zero-order valence-electron chi connectivity index (χ0n) is 19.9. The summed E-state index contributed by atoms with van der Waals surface area (Å²) in [4.78, 5) is 32.5. The zero-order chi connectivity index (χ0) is 23.5. The second-order valence-electron chi connectivity index (χ2n) is 9.67. The third-order valence-electron chi connectivity index (χ3n) is 7.59. The Labute approximate surface area is 201 Å². The van der Waals surface area contributed by atoms with Crippen LogP contribution in [0.25, 0.3) is 0 Å². The van der Waals surface area contributed by atoms with Gasteiger partial charge in [0.25, 0.3) is 0 Å². The molecule has 2 fully saturated rings. The monoisotopic (exact) mass is 462 g/mol. The third-order valence-corrected chi connectivity index (χ3v) is 7.59. The first kappa shape index (κ1) is 23.0. The molecule has 1 atom stereocenters. The van der Waals surface area contributed by atoms with Crippen LogP contribution in [0.4, 0.5) is 0 Å². The molecule has 3 heterocycles. The Hall–Kier alpha value is -2.74. The van der Waals surface area contributed by atoms with Gasteiger partial charge in [0.1, 0.15) is 6.04 Å². The number of nitrogens with zero attached hydrogens (tertiary/aromatic N) is 3. The Morgan fingerprint density at radius 3 is 2.32 bits per heavy atom. The molecule has 7 nitrogen and oxygen atoms in total. The van der Waals surface area contributed by atoms with E-state index in [0.717, 1.165) is 31.5 Å². The Morgan fingerprint density at radius 2 is 1.59 bits per heavy atom. The number of carbonyl (C=O) groups is 2. The number of nitrogens with one attached hydrogen (secondary N) is 1. The van der Waals surface area contributed by atoms with Gasteiger partial charge in [0.15, 0.2) is 0 Å². The van der Waals surface area contributed by atoms with E-state index in [4.69, 9.17) is 4.74 Å². The van der Waals surface area contributed by atoms with Crippen molar-refractivity contribution in [2.45, 2.75) is 31.1 Å². The number of piperazine rings is 1. The lowest BCUT2D eigenvalue weighted by Crippen LogP contribution is -2.52. The van der Waals surface area contributed by atoms with Gasteiger partial charge in [0.2, 0.25) is 11.8 Å². The van der Waals surface area contributed by atoms with Crippen LogP contribution >= 0.6 is 0 Å². The maximum atomic E-state index is 13.4. The number of likely N-dealkylation sites (tertiary alicyclic amines) is 1. The number of likely N-dealkylation sites (N-methyl/N-ethyl adjacent to an activating group) is 1. The fraction of sp³-hybridized carbons (Fsp3) is 0.481. The van der Waals surface area contributed by atoms with Crippen LogP contribution in [0.2, 0.25) is 0 Å². The van der Waals surface area contributed by atoms with Crippen LogP contribution in [-0.2, 0) is 26.5 Å². The molecule has 1 N–H and O–H groups in total. The van der Waals surface area contributed by atoms with Crippen molar-refractivity contribution in [3.05, 3.63) is 71.3 Å². The van der Waals surface area contributed by atoms with Gasteiger partial charge in [-0.05, 0) is 36.6 Å². The van der Waals surface area contributed by atoms with E-state index >= 15 is 0 Å². The van der Waals surface area contributed by atoms with Crippen LogP contribution in [0.1, 0.15) is 35.6 Å². The molecule has 0 aliphatic carbocycles. The molecule has 1 unspecified atom stereocenters. The van der Waals surface area contributed by atoms with Crippen LogP contribution < -0.4 is 5.32 Å². The van der Waals surface area contributed by atoms with E-state index in [-0.39, 0.29) is 24.0 Å². The van der Waals surface area contributed by atoms with Gasteiger partial charge < -0.3 is 19.4 Å². The van der Waals surface area contributed by atoms with Crippen LogP contribution in [0.5, 0.6) is 0 Å². The topological polar surface area (TPSA) is 65.1 Å². The SMILES string of the molecule is CN1CCN(C(=O)C(NCC(=O)N2CCC3(CC2)OCc2ccccc23)c2ccccc2)CC1. The molecule has 180 valence electrons. The average molecular weight is 463 g/mol. The molecule has 2 saturated heterocycles. The van der Waals surface area contributed by atoms with Crippen molar-refractivity contribution in [2.24, 2.45) is 0 Å². The minimum atomic E-state index is -0.519. The molecule has 7 heteroatoms. The highest BCUT2D eigenvalue weighted by molar-refractivity contribution is 5.85. The molecule has 3 aliphatic heterocycles. The molecule has 0 saturated carbocycles. The predicted octanol–water partition coefficient (Wildman–Crippen LogP) is 2.14. The highest BCUT2D eigenvalue weighted by Gasteiger charge is 2.43. The smallest absolute Gasteiger partial charge is 0.244 e. The molecule has 0 bridgehead atoms. The van der Waals surface area contributed by atoms with E-state index in [2.05, 4.69) is 41.5 Å². The standard InChI is InChI=1S/C27H34N4O3/c1-29-15-17-31(18-16-29)26(33)25(21-7-3-2-4-8-21)28-19-24(32)30-13-11-27(12-14-30)23-10-6-5-9-22(23)20-34-27/h2-10,25,28H,11-20H2,1H3. The van der Waals surface area contributed by atoms with E-state index in [1.807, 2.05) is 40.1 Å². The van der Waals surface area contributed by atoms with Crippen molar-refractivity contribution in [1.82, 2.24) is 20.0 Å². The molecule has 0 aromatic heterocycles. The zero-order valence-corrected chi connectivity index (χ0v) is 19.9. The summed E-state index contributed by atoms with van der Waals surface area (Å²) in [5, 5.41) is 3.29. The number of hydrogen-bond acceptors (Lipinski definition) is 5. The van der Waals surface area contributed by atoms with E-state index in [9.17, 15) is 9.59 Å². The fourth-order valence-electron chi connectivity index (χ4n) is 5.42. The molecule has 2 amide bonds. The Kier molecular flexibility index (Phi) is 6.68. The van der Waals surface area contributed by atoms with Gasteiger partial charge in [0, 0.05) is 39.3 Å². The first-order chi connectivity index (χ1) is 16.6. The summed E-state index contributed by atoms with van der Waals surface area (Å²) in [6, 6.07) is 17.6. The highest BCUT2D eigenvalue weighted by atomic mass is 16.5. The number of fused-ring (bicyclic) bond motifs is 2. The Bertz CT molecular complexity index is 1010. The minimum absolute atomic E-state index is 0.0354. The molecule has 2 aromatic carbocycles. The normalized spacial score (nSPS) is 20.9. The summed E-state index contributed by atoms with van der Waals surface area (Å²) in [7, 11) is 2.07. The van der Waals surface area contributed by atoms with Crippen molar-refractivity contribution in [1.29, 1.82) is 0 Å². The number of piperidine rings is 1. The van der Waals surface area contributed by atoms with Crippen molar-refractivity contribution < 1.29 is 14.3 Å². The highest BCUT2D eigenvalue weighted by Crippen LogP contribution is 2.43. The molecule has 3 aliphatic rings. The lowest BCUT2D eigenvalue weighted by Gasteiger charge is -2.39. The number of carbonyl (C=O) groups excluding carboxylic acids is 2. The van der Waals surface area contributed by atoms with Crippen molar-refractivity contribution in [3.8, 4) is 0 Å². The summed E-state index contributed by atoms with van der Waals surface area (Å²) in [5.41, 5.74) is 3.18. The molecule has 5 rings (SSSR count). The maximum absolute atomic E-state index is 13.4. The van der Waals surface area contributed by atoms with E-state index in [0.29, 0.717) is 32.8 Å². The number of hydrogen-bond donors (Lipinski definition) is 1. The molecule has 1 spiro atoms. The van der Waals surface area contributed by atoms with Gasteiger partial charge in [-0.25, -0.2) is 0 Å². The predicted molar refractivity (Wildman–Crippen MR) is 130 cm³/mol. The van der Waals surface area contributed by atoms with E-state index < -0.39 is 6.04 Å². The molecule has 0 radical (unpaired) electrons. The van der Waals surface area contributed by atoms with E-state index in [1.54, 1.807) is 0 Å². The number of ether oxygens (including phenoxy) is 1. The summed E-state index contributed by atoms with van der Waals surface area (Å²) >= 11 is 0. The van der Waals surface area contributed by atoms with Gasteiger partial charge in [-0.15, -0.1) is 0 Å². The van der Waals surface area contributed by atoms with Crippen molar-refractivity contribution in [2.75, 3.05) is 52.9 Å². The summed E-state index contributed by atoms with van der Waals surface area (Å²) in [5.74, 6) is 0.0777. The van der Waals surface area contributed by atoms with Gasteiger partial charge in [0.05, 0.1) is 18.8 Å². The average Bonchev–Trinajstić information content (AvgIpc) is 3.23. The molecular formula is C27H34N4O3. The van der Waals surface area contributed by atoms with E-state index in [1.165, 1.54) is 11.1 Å². The first-order valence-corrected chi connectivity index (χ1v) is 12.3. The summed E-state index contributed by atoms with van der Waals surface area (Å²) in [6.45, 7) is 5.28. The number of benzene rings is 2. The van der Waals surface area contributed by atoms with Crippen LogP contribution in [0.3, 0.4) is 0 Å². The lowest BCUT2D eigenvalue weighted by atomic mass is 9.84. The quantitative estimate of drug-likeness (QED) is 0.738. The third kappa shape index (κ3) is 4.60. The maximum Gasteiger partial charge on any atom is 0.244 e. The van der Waals surface area contributed by atoms with Crippen molar-refractivity contribution in [3.63, 3.8) is 0 Å². The van der Waals surface area contributed by atoms with Crippen molar-refractivity contribution >= 4 is 11.8 Å². The van der Waals surface area contributed by atoms with Gasteiger partial charge in [-0.1, -0.05) is 54.6 Å². The number of rotatable bonds is 5. The lowest BCUT2D eigenvalue weighted by molar-refractivity contribution is -0.138. The molecule has 34 heavy (non-hydrogen) atoms. The molecular weight excluding hydrogens is 428 g/mol. The largest absolute Gasteiger partial charge is 0.365 e. The number of amides is 2. The second kappa shape index (κ2) is 9.86. The van der Waals surface area contributed by atoms with Gasteiger partial charge in [-0.2, -0.15) is 0 Å². The fourth-order valence-corrected chi connectivity index (χ4v) is 5.42. The van der Waals surface area contributed by atoms with Crippen LogP contribution in [0.15, 0.2) is 54.6 Å². The van der Waals surface area contributed by atoms with Gasteiger partial charge >= 0.3 is 0 Å². The van der Waals surface area contributed by atoms with Crippen LogP contribution in [-0.4, -0.2) is 79.4 Å². The Balaban J connectivity index is 1.21. The summed E-state index contributed by atoms with van der Waals surface area (Å²) in [6.07, 6.45) is 1.61. The summed E-state index contributed by atoms with van der Waals surface area (Å²) < 4.78 is 6.23. The van der Waals surface area contributed by atoms with Crippen LogP contribution in [0, 0.1) is 0 Å². The first-order valence-electron chi connectivity index (χ1n) is 12.3. The minimum Gasteiger partial charge on any atom is -0.365 e.